The molecule has 0 spiro atoms. The molecular weight excluding hydrogens is 360 g/mol. The number of nitrogens with zero attached hydrogens (tertiary/aromatic N) is 2. The highest BCUT2D eigenvalue weighted by atomic mass is 16.2. The van der Waals surface area contributed by atoms with Crippen LogP contribution in [0.15, 0.2) is 48.8 Å². The summed E-state index contributed by atoms with van der Waals surface area (Å²) in [4.78, 5) is 18.9. The van der Waals surface area contributed by atoms with Crippen molar-refractivity contribution in [2.24, 2.45) is 0 Å². The van der Waals surface area contributed by atoms with Crippen LogP contribution in [-0.2, 0) is 6.54 Å². The third-order valence-electron chi connectivity index (χ3n) is 6.61. The lowest BCUT2D eigenvalue weighted by Gasteiger charge is -2.36. The molecule has 1 aliphatic carbocycles. The number of hydrogen-bond donors (Lipinski definition) is 2. The minimum absolute atomic E-state index is 0.0614. The lowest BCUT2D eigenvalue weighted by atomic mass is 9.80. The van der Waals surface area contributed by atoms with Gasteiger partial charge in [-0.2, -0.15) is 0 Å². The number of carbonyl (C=O) groups is 1. The molecule has 2 N–H and O–H groups in total. The number of carbonyl (C=O) groups excluding carboxylic acids is 1. The number of urea groups is 1. The number of benzene rings is 1. The number of nitrogens with one attached hydrogen (secondary N) is 2. The Labute approximate surface area is 173 Å². The van der Waals surface area contributed by atoms with Gasteiger partial charge in [0.25, 0.3) is 0 Å². The predicted octanol–water partition coefficient (Wildman–Crippen LogP) is 4.37. The van der Waals surface area contributed by atoms with Crippen LogP contribution in [-0.4, -0.2) is 35.0 Å². The average molecular weight is 393 g/mol. The quantitative estimate of drug-likeness (QED) is 0.767. The van der Waals surface area contributed by atoms with Crippen molar-refractivity contribution >= 4 is 6.03 Å². The highest BCUT2D eigenvalue weighted by Gasteiger charge is 2.24. The van der Waals surface area contributed by atoms with Gasteiger partial charge in [-0.3, -0.25) is 9.88 Å². The molecule has 4 rings (SSSR count). The lowest BCUT2D eigenvalue weighted by Crippen LogP contribution is -2.48. The van der Waals surface area contributed by atoms with Gasteiger partial charge in [0.2, 0.25) is 0 Å². The van der Waals surface area contributed by atoms with E-state index in [9.17, 15) is 4.79 Å². The number of rotatable bonds is 6. The summed E-state index contributed by atoms with van der Waals surface area (Å²) in [7, 11) is 0. The SMILES string of the molecule is CC(c1ccncc1)N1CCC(NC(=O)NCc2ccc(C3CCC3)cc2)CC1. The third kappa shape index (κ3) is 5.15. The van der Waals surface area contributed by atoms with E-state index < -0.39 is 0 Å². The van der Waals surface area contributed by atoms with Gasteiger partial charge in [-0.25, -0.2) is 4.79 Å². The van der Waals surface area contributed by atoms with Crippen LogP contribution >= 0.6 is 0 Å². The first-order valence-electron chi connectivity index (χ1n) is 11.0. The zero-order valence-electron chi connectivity index (χ0n) is 17.3. The van der Waals surface area contributed by atoms with Gasteiger partial charge in [-0.15, -0.1) is 0 Å². The second-order valence-corrected chi connectivity index (χ2v) is 8.46. The fourth-order valence-electron chi connectivity index (χ4n) is 4.35. The summed E-state index contributed by atoms with van der Waals surface area (Å²) in [5, 5.41) is 6.16. The fourth-order valence-corrected chi connectivity index (χ4v) is 4.35. The van der Waals surface area contributed by atoms with Crippen LogP contribution in [0.5, 0.6) is 0 Å². The summed E-state index contributed by atoms with van der Waals surface area (Å²) in [5.74, 6) is 0.757. The maximum absolute atomic E-state index is 12.3. The van der Waals surface area contributed by atoms with Gasteiger partial charge in [0.15, 0.2) is 0 Å². The van der Waals surface area contributed by atoms with Crippen LogP contribution < -0.4 is 10.6 Å². The molecule has 1 saturated carbocycles. The largest absolute Gasteiger partial charge is 0.335 e. The average Bonchev–Trinajstić information content (AvgIpc) is 2.73. The topological polar surface area (TPSA) is 57.3 Å². The van der Waals surface area contributed by atoms with Gasteiger partial charge in [0.1, 0.15) is 0 Å². The predicted molar refractivity (Wildman–Crippen MR) is 116 cm³/mol. The minimum Gasteiger partial charge on any atom is -0.335 e. The Morgan fingerprint density at radius 3 is 2.38 bits per heavy atom. The van der Waals surface area contributed by atoms with E-state index in [0.29, 0.717) is 12.6 Å². The Morgan fingerprint density at radius 2 is 1.76 bits per heavy atom. The van der Waals surface area contributed by atoms with Crippen molar-refractivity contribution in [3.05, 3.63) is 65.5 Å². The molecule has 0 radical (unpaired) electrons. The second-order valence-electron chi connectivity index (χ2n) is 8.46. The number of piperidine rings is 1. The first-order chi connectivity index (χ1) is 14.2. The number of pyridine rings is 1. The molecule has 1 aromatic heterocycles. The molecule has 2 amide bonds. The molecule has 29 heavy (non-hydrogen) atoms. The molecule has 2 heterocycles. The van der Waals surface area contributed by atoms with Gasteiger partial charge >= 0.3 is 6.03 Å². The van der Waals surface area contributed by atoms with Gasteiger partial charge in [0.05, 0.1) is 0 Å². The molecule has 2 aliphatic rings. The molecular formula is C24H32N4O. The van der Waals surface area contributed by atoms with Crippen molar-refractivity contribution in [1.82, 2.24) is 20.5 Å². The summed E-state index contributed by atoms with van der Waals surface area (Å²) in [6.45, 7) is 4.81. The minimum atomic E-state index is -0.0614. The normalized spacial score (nSPS) is 19.3. The molecule has 5 nitrogen and oxygen atoms in total. The van der Waals surface area contributed by atoms with Crippen molar-refractivity contribution in [3.8, 4) is 0 Å². The van der Waals surface area contributed by atoms with E-state index >= 15 is 0 Å². The van der Waals surface area contributed by atoms with E-state index in [1.165, 1.54) is 30.4 Å². The monoisotopic (exact) mass is 392 g/mol. The molecule has 1 aromatic carbocycles. The highest BCUT2D eigenvalue weighted by molar-refractivity contribution is 5.74. The van der Waals surface area contributed by atoms with Crippen LogP contribution in [0.4, 0.5) is 4.79 Å². The van der Waals surface area contributed by atoms with Crippen LogP contribution in [0.3, 0.4) is 0 Å². The van der Waals surface area contributed by atoms with Crippen LogP contribution in [0.2, 0.25) is 0 Å². The number of hydrogen-bond acceptors (Lipinski definition) is 3. The number of amides is 2. The van der Waals surface area contributed by atoms with Crippen molar-refractivity contribution < 1.29 is 4.79 Å². The molecule has 1 unspecified atom stereocenters. The van der Waals surface area contributed by atoms with Crippen molar-refractivity contribution in [1.29, 1.82) is 0 Å². The van der Waals surface area contributed by atoms with E-state index in [2.05, 4.69) is 63.8 Å². The Hall–Kier alpha value is -2.40. The van der Waals surface area contributed by atoms with Gasteiger partial charge in [0, 0.05) is 44.1 Å². The Kier molecular flexibility index (Phi) is 6.45. The molecule has 1 atom stereocenters. The van der Waals surface area contributed by atoms with Crippen LogP contribution in [0, 0.1) is 0 Å². The van der Waals surface area contributed by atoms with E-state index in [0.717, 1.165) is 37.4 Å². The number of aromatic nitrogens is 1. The van der Waals surface area contributed by atoms with Gasteiger partial charge in [-0.05, 0) is 67.3 Å². The van der Waals surface area contributed by atoms with E-state index in [1.807, 2.05) is 12.4 Å². The maximum Gasteiger partial charge on any atom is 0.315 e. The first-order valence-corrected chi connectivity index (χ1v) is 11.0. The zero-order chi connectivity index (χ0) is 20.1. The smallest absolute Gasteiger partial charge is 0.315 e. The molecule has 2 aromatic rings. The summed E-state index contributed by atoms with van der Waals surface area (Å²) < 4.78 is 0. The molecule has 0 bridgehead atoms. The van der Waals surface area contributed by atoms with E-state index in [4.69, 9.17) is 0 Å². The van der Waals surface area contributed by atoms with Crippen LogP contribution in [0.1, 0.15) is 67.7 Å². The fraction of sp³-hybridized carbons (Fsp3) is 0.500. The Bertz CT molecular complexity index is 780. The van der Waals surface area contributed by atoms with E-state index in [-0.39, 0.29) is 12.1 Å². The standard InChI is InChI=1S/C24H32N4O/c1-18(20-9-13-25-14-10-20)28-15-11-23(12-16-28)27-24(29)26-17-19-5-7-22(8-6-19)21-3-2-4-21/h5-10,13-14,18,21,23H,2-4,11-12,15-17H2,1H3,(H2,26,27,29). The Balaban J connectivity index is 1.18. The van der Waals surface area contributed by atoms with Crippen molar-refractivity contribution in [3.63, 3.8) is 0 Å². The van der Waals surface area contributed by atoms with Crippen LogP contribution in [0.25, 0.3) is 0 Å². The van der Waals surface area contributed by atoms with Crippen molar-refractivity contribution in [2.75, 3.05) is 13.1 Å². The molecule has 154 valence electrons. The summed E-state index contributed by atoms with van der Waals surface area (Å²) >= 11 is 0. The summed E-state index contributed by atoms with van der Waals surface area (Å²) in [6.07, 6.45) is 9.67. The highest BCUT2D eigenvalue weighted by Crippen LogP contribution is 2.36. The lowest BCUT2D eigenvalue weighted by molar-refractivity contribution is 0.153. The van der Waals surface area contributed by atoms with Crippen molar-refractivity contribution in [2.45, 2.75) is 63.6 Å². The summed E-state index contributed by atoms with van der Waals surface area (Å²) in [6, 6.07) is 13.5. The zero-order valence-corrected chi connectivity index (χ0v) is 17.3. The molecule has 1 aliphatic heterocycles. The van der Waals surface area contributed by atoms with Gasteiger partial charge < -0.3 is 10.6 Å². The second kappa shape index (κ2) is 9.40. The summed E-state index contributed by atoms with van der Waals surface area (Å²) in [5.41, 5.74) is 3.90. The number of likely N-dealkylation sites (tertiary alicyclic amines) is 1. The molecule has 5 heteroatoms. The van der Waals surface area contributed by atoms with E-state index in [1.54, 1.807) is 0 Å². The molecule has 2 fully saturated rings. The first kappa shape index (κ1) is 19.9. The third-order valence-corrected chi connectivity index (χ3v) is 6.61. The molecule has 1 saturated heterocycles. The maximum atomic E-state index is 12.3. The Morgan fingerprint density at radius 1 is 1.07 bits per heavy atom. The van der Waals surface area contributed by atoms with Gasteiger partial charge in [-0.1, -0.05) is 30.7 Å².